The van der Waals surface area contributed by atoms with Crippen LogP contribution in [0.5, 0.6) is 0 Å². The zero-order valence-corrected chi connectivity index (χ0v) is 17.2. The third-order valence-corrected chi connectivity index (χ3v) is 6.57. The van der Waals surface area contributed by atoms with Gasteiger partial charge in [-0.25, -0.2) is 0 Å². The molecule has 0 spiro atoms. The molecule has 0 atom stereocenters. The Morgan fingerprint density at radius 1 is 1.23 bits per heavy atom. The van der Waals surface area contributed by atoms with Crippen molar-refractivity contribution in [3.8, 4) is 0 Å². The first-order valence-corrected chi connectivity index (χ1v) is 10.1. The van der Waals surface area contributed by atoms with Crippen LogP contribution < -0.4 is 10.6 Å². The number of hydrogen-bond donors (Lipinski definition) is 2. The molecule has 1 aliphatic rings. The molecule has 1 saturated heterocycles. The molecule has 1 fully saturated rings. The van der Waals surface area contributed by atoms with Crippen molar-refractivity contribution in [2.45, 2.75) is 18.9 Å². The second-order valence-electron chi connectivity index (χ2n) is 6.20. The molecular formula is C17H18Cl3N3O2S. The monoisotopic (exact) mass is 433 g/mol. The zero-order chi connectivity index (χ0) is 18.8. The molecule has 2 N–H and O–H groups in total. The summed E-state index contributed by atoms with van der Waals surface area (Å²) >= 11 is 19.9. The largest absolute Gasteiger partial charge is 0.358 e. The van der Waals surface area contributed by atoms with Crippen molar-refractivity contribution >= 4 is 68.0 Å². The molecule has 9 heteroatoms. The Kier molecular flexibility index (Phi) is 6.30. The average Bonchev–Trinajstić information content (AvgIpc) is 2.93. The number of fused-ring (bicyclic) bond motifs is 1. The first kappa shape index (κ1) is 19.7. The molecule has 0 aliphatic carbocycles. The van der Waals surface area contributed by atoms with Crippen molar-refractivity contribution in [1.29, 1.82) is 0 Å². The highest BCUT2D eigenvalue weighted by molar-refractivity contribution is 7.21. The Morgan fingerprint density at radius 2 is 1.92 bits per heavy atom. The van der Waals surface area contributed by atoms with Gasteiger partial charge in [0.1, 0.15) is 4.88 Å². The van der Waals surface area contributed by atoms with Crippen molar-refractivity contribution in [2.75, 3.05) is 26.7 Å². The normalized spacial score (nSPS) is 16.0. The molecule has 2 amide bonds. The van der Waals surface area contributed by atoms with E-state index in [1.165, 1.54) is 11.3 Å². The number of thiophene rings is 1. The summed E-state index contributed by atoms with van der Waals surface area (Å²) in [5.74, 6) is -0.201. The number of carbonyl (C=O) groups is 2. The number of halogens is 3. The van der Waals surface area contributed by atoms with Crippen LogP contribution in [0.4, 0.5) is 0 Å². The SMILES string of the molecule is CNC(=O)CN1CCC(NC(=O)c2sc3cc(Cl)cc(Cl)c3c2Cl)CC1. The van der Waals surface area contributed by atoms with Crippen LogP contribution in [0.25, 0.3) is 10.1 Å². The lowest BCUT2D eigenvalue weighted by Gasteiger charge is -2.31. The lowest BCUT2D eigenvalue weighted by Crippen LogP contribution is -2.47. The van der Waals surface area contributed by atoms with E-state index in [-0.39, 0.29) is 17.9 Å². The van der Waals surface area contributed by atoms with Gasteiger partial charge in [0.05, 0.1) is 16.6 Å². The number of rotatable bonds is 4. The number of nitrogens with one attached hydrogen (secondary N) is 2. The van der Waals surface area contributed by atoms with Crippen molar-refractivity contribution in [2.24, 2.45) is 0 Å². The number of benzene rings is 1. The van der Waals surface area contributed by atoms with E-state index in [2.05, 4.69) is 15.5 Å². The predicted molar refractivity (Wildman–Crippen MR) is 108 cm³/mol. The Labute approximate surface area is 170 Å². The van der Waals surface area contributed by atoms with E-state index in [1.54, 1.807) is 19.2 Å². The molecule has 1 aromatic heterocycles. The summed E-state index contributed by atoms with van der Waals surface area (Å²) < 4.78 is 0.790. The molecular weight excluding hydrogens is 417 g/mol. The first-order chi connectivity index (χ1) is 12.4. The number of likely N-dealkylation sites (tertiary alicyclic amines) is 1. The number of hydrogen-bond acceptors (Lipinski definition) is 4. The zero-order valence-electron chi connectivity index (χ0n) is 14.1. The average molecular weight is 435 g/mol. The topological polar surface area (TPSA) is 61.4 Å². The third-order valence-electron chi connectivity index (χ3n) is 4.42. The molecule has 5 nitrogen and oxygen atoms in total. The molecule has 0 saturated carbocycles. The van der Waals surface area contributed by atoms with Crippen LogP contribution in [-0.2, 0) is 4.79 Å². The van der Waals surface area contributed by atoms with Crippen molar-refractivity contribution in [3.05, 3.63) is 32.1 Å². The smallest absolute Gasteiger partial charge is 0.263 e. The quantitative estimate of drug-likeness (QED) is 0.769. The van der Waals surface area contributed by atoms with E-state index >= 15 is 0 Å². The van der Waals surface area contributed by atoms with Crippen LogP contribution in [0.1, 0.15) is 22.5 Å². The van der Waals surface area contributed by atoms with Gasteiger partial charge in [0.15, 0.2) is 0 Å². The summed E-state index contributed by atoms with van der Waals surface area (Å²) in [4.78, 5) is 26.6. The highest BCUT2D eigenvalue weighted by atomic mass is 35.5. The number of amides is 2. The minimum atomic E-state index is -0.201. The molecule has 1 aromatic carbocycles. The van der Waals surface area contributed by atoms with Crippen LogP contribution in [0, 0.1) is 0 Å². The highest BCUT2D eigenvalue weighted by Gasteiger charge is 2.25. The molecule has 2 aromatic rings. The van der Waals surface area contributed by atoms with E-state index in [0.717, 1.165) is 30.6 Å². The van der Waals surface area contributed by atoms with Crippen molar-refractivity contribution < 1.29 is 9.59 Å². The number of likely N-dealkylation sites (N-methyl/N-ethyl adjacent to an activating group) is 1. The summed E-state index contributed by atoms with van der Waals surface area (Å²) in [5.41, 5.74) is 0. The molecule has 2 heterocycles. The van der Waals surface area contributed by atoms with E-state index in [9.17, 15) is 9.59 Å². The first-order valence-electron chi connectivity index (χ1n) is 8.20. The van der Waals surface area contributed by atoms with E-state index in [4.69, 9.17) is 34.8 Å². The summed E-state index contributed by atoms with van der Waals surface area (Å²) in [6, 6.07) is 3.44. The standard InChI is InChI=1S/C17H18Cl3N3O2S/c1-21-13(24)8-23-4-2-10(3-5-23)22-17(25)16-15(20)14-11(19)6-9(18)7-12(14)26-16/h6-7,10H,2-5,8H2,1H3,(H,21,24)(H,22,25). The van der Waals surface area contributed by atoms with Gasteiger partial charge in [-0.05, 0) is 25.0 Å². The number of carbonyl (C=O) groups excluding carboxylic acids is 2. The van der Waals surface area contributed by atoms with E-state index in [1.807, 2.05) is 0 Å². The molecule has 0 unspecified atom stereocenters. The molecule has 0 radical (unpaired) electrons. The van der Waals surface area contributed by atoms with E-state index in [0.29, 0.717) is 31.9 Å². The fourth-order valence-electron chi connectivity index (χ4n) is 3.03. The van der Waals surface area contributed by atoms with Gasteiger partial charge in [-0.3, -0.25) is 14.5 Å². The van der Waals surface area contributed by atoms with Crippen LogP contribution in [-0.4, -0.2) is 49.4 Å². The number of nitrogens with zero attached hydrogens (tertiary/aromatic N) is 1. The van der Waals surface area contributed by atoms with Gasteiger partial charge >= 0.3 is 0 Å². The maximum Gasteiger partial charge on any atom is 0.263 e. The molecule has 140 valence electrons. The predicted octanol–water partition coefficient (Wildman–Crippen LogP) is 3.80. The van der Waals surface area contributed by atoms with Crippen LogP contribution in [0.15, 0.2) is 12.1 Å². The van der Waals surface area contributed by atoms with Crippen LogP contribution >= 0.6 is 46.1 Å². The minimum absolute atomic E-state index is 0.0000764. The van der Waals surface area contributed by atoms with Crippen LogP contribution in [0.3, 0.4) is 0 Å². The maximum atomic E-state index is 12.7. The number of piperidine rings is 1. The summed E-state index contributed by atoms with van der Waals surface area (Å²) in [7, 11) is 1.63. The van der Waals surface area contributed by atoms with Gasteiger partial charge in [-0.1, -0.05) is 34.8 Å². The Balaban J connectivity index is 1.66. The third kappa shape index (κ3) is 4.26. The fraction of sp³-hybridized carbons (Fsp3) is 0.412. The second-order valence-corrected chi connectivity index (χ2v) is 8.48. The van der Waals surface area contributed by atoms with E-state index < -0.39 is 0 Å². The van der Waals surface area contributed by atoms with Gasteiger partial charge in [0.2, 0.25) is 5.91 Å². The second kappa shape index (κ2) is 8.31. The molecule has 1 aliphatic heterocycles. The van der Waals surface area contributed by atoms with Gasteiger partial charge in [0, 0.05) is 41.3 Å². The van der Waals surface area contributed by atoms with Gasteiger partial charge in [-0.15, -0.1) is 11.3 Å². The molecule has 3 rings (SSSR count). The Bertz CT molecular complexity index is 847. The molecule has 0 bridgehead atoms. The maximum absolute atomic E-state index is 12.7. The summed E-state index contributed by atoms with van der Waals surface area (Å²) in [5, 5.41) is 7.64. The van der Waals surface area contributed by atoms with Gasteiger partial charge < -0.3 is 10.6 Å². The summed E-state index contributed by atoms with van der Waals surface area (Å²) in [6.45, 7) is 1.92. The van der Waals surface area contributed by atoms with Crippen LogP contribution in [0.2, 0.25) is 15.1 Å². The van der Waals surface area contributed by atoms with Gasteiger partial charge in [0.25, 0.3) is 5.91 Å². The highest BCUT2D eigenvalue weighted by Crippen LogP contribution is 2.41. The minimum Gasteiger partial charge on any atom is -0.358 e. The molecule has 26 heavy (non-hydrogen) atoms. The lowest BCUT2D eigenvalue weighted by atomic mass is 10.0. The van der Waals surface area contributed by atoms with Gasteiger partial charge in [-0.2, -0.15) is 0 Å². The lowest BCUT2D eigenvalue weighted by molar-refractivity contribution is -0.122. The summed E-state index contributed by atoms with van der Waals surface area (Å²) in [6.07, 6.45) is 1.58. The van der Waals surface area contributed by atoms with Crippen molar-refractivity contribution in [3.63, 3.8) is 0 Å². The van der Waals surface area contributed by atoms with Crippen molar-refractivity contribution in [1.82, 2.24) is 15.5 Å². The Hall–Kier alpha value is -1.05. The Morgan fingerprint density at radius 3 is 2.58 bits per heavy atom. The fourth-order valence-corrected chi connectivity index (χ4v) is 5.31.